The number of nitriles is 1. The third-order valence-electron chi connectivity index (χ3n) is 5.97. The highest BCUT2D eigenvalue weighted by Gasteiger charge is 2.20. The smallest absolute Gasteiger partial charge is 0.260 e. The predicted molar refractivity (Wildman–Crippen MR) is 136 cm³/mol. The van der Waals surface area contributed by atoms with Crippen LogP contribution in [0.25, 0.3) is 21.9 Å². The Morgan fingerprint density at radius 2 is 1.97 bits per heavy atom. The number of aromatic amines is 1. The van der Waals surface area contributed by atoms with Crippen LogP contribution in [0.2, 0.25) is 0 Å². The van der Waals surface area contributed by atoms with Crippen molar-refractivity contribution in [3.8, 4) is 6.07 Å². The Hall–Kier alpha value is -4.02. The van der Waals surface area contributed by atoms with Crippen LogP contribution in [0.4, 0.5) is 5.69 Å². The molecule has 0 bridgehead atoms. The van der Waals surface area contributed by atoms with Gasteiger partial charge < -0.3 is 10.3 Å². The van der Waals surface area contributed by atoms with Gasteiger partial charge in [-0.05, 0) is 74.1 Å². The normalized spacial score (nSPS) is 13.4. The van der Waals surface area contributed by atoms with Crippen LogP contribution < -0.4 is 10.9 Å². The molecule has 4 aromatic rings. The summed E-state index contributed by atoms with van der Waals surface area (Å²) in [5, 5.41) is 13.4. The zero-order valence-electron chi connectivity index (χ0n) is 18.6. The standard InChI is InChI=1S/C27H22N4O2S/c1-16-9-11-18(12-10-16)25(32)29-20-6-4-5-17(14-20)13-19(15-28)24-30-26(33)23-21-7-2-3-8-22(21)34-27(23)31-24/h4-6,9-14H,2-3,7-8H2,1H3,(H,29,32)(H,30,31,33)/b19-13+. The average molecular weight is 467 g/mol. The lowest BCUT2D eigenvalue weighted by Crippen LogP contribution is -2.12. The summed E-state index contributed by atoms with van der Waals surface area (Å²) in [6, 6.07) is 16.7. The van der Waals surface area contributed by atoms with Gasteiger partial charge in [0, 0.05) is 16.1 Å². The minimum absolute atomic E-state index is 0.195. The van der Waals surface area contributed by atoms with Gasteiger partial charge in [-0.2, -0.15) is 5.26 Å². The lowest BCUT2D eigenvalue weighted by molar-refractivity contribution is 0.102. The highest BCUT2D eigenvalue weighted by atomic mass is 32.1. The lowest BCUT2D eigenvalue weighted by Gasteiger charge is -2.09. The molecule has 0 saturated heterocycles. The molecule has 0 spiro atoms. The first kappa shape index (κ1) is 21.8. The molecule has 0 radical (unpaired) electrons. The fraction of sp³-hybridized carbons (Fsp3) is 0.185. The van der Waals surface area contributed by atoms with E-state index in [-0.39, 0.29) is 22.9 Å². The summed E-state index contributed by atoms with van der Waals surface area (Å²) in [7, 11) is 0. The van der Waals surface area contributed by atoms with Crippen LogP contribution in [-0.4, -0.2) is 15.9 Å². The van der Waals surface area contributed by atoms with Gasteiger partial charge in [-0.15, -0.1) is 11.3 Å². The largest absolute Gasteiger partial charge is 0.322 e. The zero-order valence-corrected chi connectivity index (χ0v) is 19.5. The number of nitrogens with zero attached hydrogens (tertiary/aromatic N) is 2. The minimum atomic E-state index is -0.209. The van der Waals surface area contributed by atoms with E-state index in [0.717, 1.165) is 36.8 Å². The Bertz CT molecular complexity index is 1540. The number of aromatic nitrogens is 2. The number of allylic oxidation sites excluding steroid dienone is 1. The molecular weight excluding hydrogens is 444 g/mol. The molecule has 2 heterocycles. The van der Waals surface area contributed by atoms with E-state index in [1.165, 1.54) is 4.88 Å². The van der Waals surface area contributed by atoms with Crippen molar-refractivity contribution in [1.82, 2.24) is 9.97 Å². The van der Waals surface area contributed by atoms with Crippen molar-refractivity contribution >= 4 is 44.8 Å². The van der Waals surface area contributed by atoms with Gasteiger partial charge in [-0.3, -0.25) is 9.59 Å². The first-order chi connectivity index (χ1) is 16.5. The summed E-state index contributed by atoms with van der Waals surface area (Å²) in [4.78, 5) is 34.8. The molecule has 7 heteroatoms. The Morgan fingerprint density at radius 1 is 1.18 bits per heavy atom. The number of aryl methyl sites for hydroxylation is 3. The van der Waals surface area contributed by atoms with E-state index in [4.69, 9.17) is 0 Å². The van der Waals surface area contributed by atoms with Crippen LogP contribution >= 0.6 is 11.3 Å². The molecule has 34 heavy (non-hydrogen) atoms. The fourth-order valence-corrected chi connectivity index (χ4v) is 5.49. The van der Waals surface area contributed by atoms with Crippen molar-refractivity contribution < 1.29 is 4.79 Å². The molecule has 0 unspecified atom stereocenters. The quantitative estimate of drug-likeness (QED) is 0.389. The summed E-state index contributed by atoms with van der Waals surface area (Å²) in [5.74, 6) is 0.0486. The van der Waals surface area contributed by atoms with Crippen LogP contribution in [-0.2, 0) is 12.8 Å². The van der Waals surface area contributed by atoms with E-state index in [9.17, 15) is 14.9 Å². The van der Waals surface area contributed by atoms with Crippen molar-refractivity contribution in [2.45, 2.75) is 32.6 Å². The fourth-order valence-electron chi connectivity index (χ4n) is 4.23. The Morgan fingerprint density at radius 3 is 2.76 bits per heavy atom. The van der Waals surface area contributed by atoms with Gasteiger partial charge in [-0.1, -0.05) is 29.8 Å². The van der Waals surface area contributed by atoms with Gasteiger partial charge in [0.25, 0.3) is 11.5 Å². The predicted octanol–water partition coefficient (Wildman–Crippen LogP) is 5.49. The molecule has 0 saturated carbocycles. The maximum absolute atomic E-state index is 12.9. The first-order valence-electron chi connectivity index (χ1n) is 11.2. The third-order valence-corrected chi connectivity index (χ3v) is 7.16. The Labute approximate surface area is 200 Å². The molecule has 2 aromatic heterocycles. The number of fused-ring (bicyclic) bond motifs is 3. The van der Waals surface area contributed by atoms with E-state index < -0.39 is 0 Å². The van der Waals surface area contributed by atoms with Crippen LogP contribution in [0.15, 0.2) is 53.3 Å². The highest BCUT2D eigenvalue weighted by molar-refractivity contribution is 7.18. The van der Waals surface area contributed by atoms with E-state index in [1.54, 1.807) is 47.7 Å². The summed E-state index contributed by atoms with van der Waals surface area (Å²) in [6.07, 6.45) is 5.76. The van der Waals surface area contributed by atoms with Gasteiger partial charge in [0.2, 0.25) is 0 Å². The van der Waals surface area contributed by atoms with Crippen molar-refractivity contribution in [3.05, 3.63) is 91.8 Å². The Kier molecular flexibility index (Phi) is 5.83. The SMILES string of the molecule is Cc1ccc(C(=O)Nc2cccc(/C=C(\C#N)c3nc4sc5c(c4c(=O)[nH]3)CCCC5)c2)cc1. The number of hydrogen-bond donors (Lipinski definition) is 2. The molecule has 0 fully saturated rings. The molecule has 2 N–H and O–H groups in total. The summed E-state index contributed by atoms with van der Waals surface area (Å²) in [5.41, 5.74) is 4.15. The molecule has 1 aliphatic rings. The average Bonchev–Trinajstić information content (AvgIpc) is 3.22. The number of thiophene rings is 1. The Balaban J connectivity index is 1.45. The molecular formula is C27H22N4O2S. The molecule has 1 aliphatic carbocycles. The van der Waals surface area contributed by atoms with Crippen molar-refractivity contribution in [2.24, 2.45) is 0 Å². The van der Waals surface area contributed by atoms with E-state index >= 15 is 0 Å². The molecule has 1 amide bonds. The minimum Gasteiger partial charge on any atom is -0.322 e. The number of rotatable bonds is 4. The summed E-state index contributed by atoms with van der Waals surface area (Å²) < 4.78 is 0. The zero-order chi connectivity index (χ0) is 23.7. The van der Waals surface area contributed by atoms with Gasteiger partial charge in [0.05, 0.1) is 11.0 Å². The van der Waals surface area contributed by atoms with Gasteiger partial charge >= 0.3 is 0 Å². The summed E-state index contributed by atoms with van der Waals surface area (Å²) in [6.45, 7) is 1.97. The second kappa shape index (κ2) is 9.08. The van der Waals surface area contributed by atoms with Gasteiger partial charge in [0.15, 0.2) is 5.82 Å². The van der Waals surface area contributed by atoms with Crippen LogP contribution in [0.3, 0.4) is 0 Å². The van der Waals surface area contributed by atoms with Crippen molar-refractivity contribution in [1.29, 1.82) is 5.26 Å². The molecule has 0 atom stereocenters. The van der Waals surface area contributed by atoms with Crippen molar-refractivity contribution in [3.63, 3.8) is 0 Å². The van der Waals surface area contributed by atoms with Gasteiger partial charge in [0.1, 0.15) is 10.9 Å². The number of amides is 1. The van der Waals surface area contributed by atoms with E-state index in [2.05, 4.69) is 21.4 Å². The van der Waals surface area contributed by atoms with Crippen LogP contribution in [0.5, 0.6) is 0 Å². The van der Waals surface area contributed by atoms with Crippen LogP contribution in [0.1, 0.15) is 50.6 Å². The second-order valence-electron chi connectivity index (χ2n) is 8.42. The van der Waals surface area contributed by atoms with Crippen molar-refractivity contribution in [2.75, 3.05) is 5.32 Å². The van der Waals surface area contributed by atoms with E-state index in [0.29, 0.717) is 27.0 Å². The number of anilines is 1. The maximum atomic E-state index is 12.9. The summed E-state index contributed by atoms with van der Waals surface area (Å²) >= 11 is 1.56. The molecule has 0 aliphatic heterocycles. The number of carbonyl (C=O) groups is 1. The van der Waals surface area contributed by atoms with Crippen LogP contribution in [0, 0.1) is 18.3 Å². The monoisotopic (exact) mass is 466 g/mol. The lowest BCUT2D eigenvalue weighted by atomic mass is 9.97. The number of nitrogens with one attached hydrogen (secondary N) is 2. The maximum Gasteiger partial charge on any atom is 0.260 e. The molecule has 2 aromatic carbocycles. The van der Waals surface area contributed by atoms with Gasteiger partial charge in [-0.25, -0.2) is 4.98 Å². The highest BCUT2D eigenvalue weighted by Crippen LogP contribution is 2.34. The molecule has 6 nitrogen and oxygen atoms in total. The molecule has 5 rings (SSSR count). The number of carbonyl (C=O) groups excluding carboxylic acids is 1. The molecule has 168 valence electrons. The number of benzene rings is 2. The number of hydrogen-bond acceptors (Lipinski definition) is 5. The number of H-pyrrole nitrogens is 1. The second-order valence-corrected chi connectivity index (χ2v) is 9.50. The third kappa shape index (κ3) is 4.28. The topological polar surface area (TPSA) is 98.6 Å². The van der Waals surface area contributed by atoms with E-state index in [1.807, 2.05) is 25.1 Å². The first-order valence-corrected chi connectivity index (χ1v) is 12.0.